The van der Waals surface area contributed by atoms with E-state index in [4.69, 9.17) is 4.74 Å². The lowest BCUT2D eigenvalue weighted by Crippen LogP contribution is -2.33. The minimum atomic E-state index is -0.189. The summed E-state index contributed by atoms with van der Waals surface area (Å²) in [4.78, 5) is 19.3. The van der Waals surface area contributed by atoms with Crippen LogP contribution in [-0.2, 0) is 4.74 Å². The highest BCUT2D eigenvalue weighted by atomic mass is 16.5. The quantitative estimate of drug-likeness (QED) is 0.548. The van der Waals surface area contributed by atoms with Gasteiger partial charge in [-0.1, -0.05) is 31.5 Å². The number of hydrogen-bond donors (Lipinski definition) is 1. The molecule has 0 unspecified atom stereocenters. The Kier molecular flexibility index (Phi) is 9.85. The van der Waals surface area contributed by atoms with Crippen LogP contribution in [0.1, 0.15) is 56.5 Å². The molecule has 0 saturated carbocycles. The molecule has 0 spiro atoms. The molecule has 5 heteroatoms. The normalized spacial score (nSPS) is 13.0. The summed E-state index contributed by atoms with van der Waals surface area (Å²) < 4.78 is 5.51. The Hall–Kier alpha value is -1.88. The van der Waals surface area contributed by atoms with Gasteiger partial charge in [0.15, 0.2) is 0 Å². The molecule has 0 bridgehead atoms. The number of carbonyl (C=O) groups is 1. The lowest BCUT2D eigenvalue weighted by atomic mass is 10.1. The van der Waals surface area contributed by atoms with Gasteiger partial charge in [-0.15, -0.1) is 0 Å². The Bertz CT molecular complexity index is 554. The molecular formula is C20H33N3O2. The van der Waals surface area contributed by atoms with E-state index in [0.29, 0.717) is 18.2 Å². The summed E-state index contributed by atoms with van der Waals surface area (Å²) in [5, 5.41) is 2.79. The fourth-order valence-electron chi connectivity index (χ4n) is 2.61. The number of amides is 1. The predicted octanol–water partition coefficient (Wildman–Crippen LogP) is 3.63. The van der Waals surface area contributed by atoms with E-state index in [-0.39, 0.29) is 11.9 Å². The molecule has 1 N–H and O–H groups in total. The van der Waals surface area contributed by atoms with E-state index in [1.807, 2.05) is 32.0 Å². The number of nitrogens with one attached hydrogen (secondary N) is 1. The van der Waals surface area contributed by atoms with Gasteiger partial charge in [0, 0.05) is 5.56 Å². The number of amidine groups is 1. The number of aryl methyl sites for hydroxylation is 1. The van der Waals surface area contributed by atoms with Gasteiger partial charge >= 0.3 is 0 Å². The van der Waals surface area contributed by atoms with Gasteiger partial charge in [0.25, 0.3) is 11.9 Å². The van der Waals surface area contributed by atoms with Crippen LogP contribution < -0.4 is 5.32 Å². The number of rotatable bonds is 9. The SMILES string of the molecule is CCOC(=N[C@H](C)CCCN(CC)CC)NC(=O)c1cccc(C)c1. The summed E-state index contributed by atoms with van der Waals surface area (Å²) in [7, 11) is 0. The summed E-state index contributed by atoms with van der Waals surface area (Å²) in [5.41, 5.74) is 1.66. The molecule has 1 aromatic rings. The number of carbonyl (C=O) groups excluding carboxylic acids is 1. The number of hydrogen-bond acceptors (Lipinski definition) is 4. The number of ether oxygens (including phenoxy) is 1. The van der Waals surface area contributed by atoms with Crippen LogP contribution in [0.3, 0.4) is 0 Å². The highest BCUT2D eigenvalue weighted by Gasteiger charge is 2.11. The molecule has 5 nitrogen and oxygen atoms in total. The van der Waals surface area contributed by atoms with Crippen LogP contribution in [0.5, 0.6) is 0 Å². The first-order chi connectivity index (χ1) is 12.0. The molecule has 1 amide bonds. The molecule has 140 valence electrons. The third-order valence-corrected chi connectivity index (χ3v) is 4.11. The van der Waals surface area contributed by atoms with Crippen LogP contribution in [0, 0.1) is 6.92 Å². The fourth-order valence-corrected chi connectivity index (χ4v) is 2.61. The van der Waals surface area contributed by atoms with Crippen molar-refractivity contribution in [1.29, 1.82) is 0 Å². The highest BCUT2D eigenvalue weighted by molar-refractivity contribution is 6.04. The zero-order valence-corrected chi connectivity index (χ0v) is 16.3. The lowest BCUT2D eigenvalue weighted by Gasteiger charge is -2.18. The smallest absolute Gasteiger partial charge is 0.291 e. The van der Waals surface area contributed by atoms with Crippen molar-refractivity contribution >= 4 is 11.9 Å². The average Bonchev–Trinajstić information content (AvgIpc) is 2.59. The Balaban J connectivity index is 2.61. The van der Waals surface area contributed by atoms with Crippen molar-refractivity contribution in [3.8, 4) is 0 Å². The molecule has 0 aromatic heterocycles. The monoisotopic (exact) mass is 347 g/mol. The summed E-state index contributed by atoms with van der Waals surface area (Å²) in [6.07, 6.45) is 2.05. The molecule has 1 atom stereocenters. The van der Waals surface area contributed by atoms with Gasteiger partial charge in [0.2, 0.25) is 0 Å². The first kappa shape index (κ1) is 21.2. The van der Waals surface area contributed by atoms with E-state index in [1.54, 1.807) is 6.07 Å². The van der Waals surface area contributed by atoms with E-state index in [2.05, 4.69) is 36.0 Å². The molecule has 0 aliphatic heterocycles. The number of benzene rings is 1. The van der Waals surface area contributed by atoms with Crippen LogP contribution in [0.4, 0.5) is 0 Å². The summed E-state index contributed by atoms with van der Waals surface area (Å²) in [6, 6.07) is 7.90. The van der Waals surface area contributed by atoms with Crippen LogP contribution in [0.25, 0.3) is 0 Å². The van der Waals surface area contributed by atoms with Gasteiger partial charge in [0.1, 0.15) is 0 Å². The largest absolute Gasteiger partial charge is 0.465 e. The Morgan fingerprint density at radius 2 is 2.00 bits per heavy atom. The maximum atomic E-state index is 12.4. The zero-order valence-electron chi connectivity index (χ0n) is 16.3. The molecule has 0 fully saturated rings. The number of nitrogens with zero attached hydrogens (tertiary/aromatic N) is 2. The van der Waals surface area contributed by atoms with E-state index >= 15 is 0 Å². The molecule has 0 radical (unpaired) electrons. The number of aliphatic imine (C=N–C) groups is 1. The minimum absolute atomic E-state index is 0.106. The van der Waals surface area contributed by atoms with Crippen molar-refractivity contribution in [1.82, 2.24) is 10.2 Å². The first-order valence-electron chi connectivity index (χ1n) is 9.31. The van der Waals surface area contributed by atoms with Crippen molar-refractivity contribution in [2.24, 2.45) is 4.99 Å². The molecule has 1 aromatic carbocycles. The van der Waals surface area contributed by atoms with E-state index in [1.165, 1.54) is 0 Å². The van der Waals surface area contributed by atoms with Crippen LogP contribution >= 0.6 is 0 Å². The van der Waals surface area contributed by atoms with Gasteiger partial charge in [-0.05, 0) is 65.4 Å². The van der Waals surface area contributed by atoms with E-state index < -0.39 is 0 Å². The molecule has 1 rings (SSSR count). The van der Waals surface area contributed by atoms with Crippen molar-refractivity contribution in [2.75, 3.05) is 26.2 Å². The predicted molar refractivity (Wildman–Crippen MR) is 104 cm³/mol. The van der Waals surface area contributed by atoms with E-state index in [0.717, 1.165) is 38.0 Å². The maximum absolute atomic E-state index is 12.4. The second-order valence-electron chi connectivity index (χ2n) is 6.21. The average molecular weight is 348 g/mol. The van der Waals surface area contributed by atoms with Crippen LogP contribution in [-0.4, -0.2) is 49.1 Å². The molecule has 0 saturated heterocycles. The molecule has 25 heavy (non-hydrogen) atoms. The summed E-state index contributed by atoms with van der Waals surface area (Å²) in [5.74, 6) is -0.189. The molecule has 0 aliphatic rings. The third kappa shape index (κ3) is 8.16. The minimum Gasteiger partial charge on any atom is -0.465 e. The van der Waals surface area contributed by atoms with Gasteiger partial charge in [-0.25, -0.2) is 4.99 Å². The lowest BCUT2D eigenvalue weighted by molar-refractivity contribution is 0.0966. The Labute approximate surface area is 152 Å². The van der Waals surface area contributed by atoms with E-state index in [9.17, 15) is 4.79 Å². The van der Waals surface area contributed by atoms with Gasteiger partial charge < -0.3 is 9.64 Å². The Morgan fingerprint density at radius 1 is 1.28 bits per heavy atom. The van der Waals surface area contributed by atoms with Gasteiger partial charge in [0.05, 0.1) is 12.6 Å². The third-order valence-electron chi connectivity index (χ3n) is 4.11. The zero-order chi connectivity index (χ0) is 18.7. The van der Waals surface area contributed by atoms with Crippen LogP contribution in [0.15, 0.2) is 29.3 Å². The van der Waals surface area contributed by atoms with Crippen molar-refractivity contribution in [3.63, 3.8) is 0 Å². The molecular weight excluding hydrogens is 314 g/mol. The maximum Gasteiger partial charge on any atom is 0.291 e. The second kappa shape index (κ2) is 11.6. The van der Waals surface area contributed by atoms with Crippen molar-refractivity contribution in [2.45, 2.75) is 53.5 Å². The fraction of sp³-hybridized carbons (Fsp3) is 0.600. The summed E-state index contributed by atoms with van der Waals surface area (Å²) in [6.45, 7) is 14.0. The highest BCUT2D eigenvalue weighted by Crippen LogP contribution is 2.06. The second-order valence-corrected chi connectivity index (χ2v) is 6.21. The van der Waals surface area contributed by atoms with Crippen molar-refractivity contribution < 1.29 is 9.53 Å². The molecule has 0 aliphatic carbocycles. The van der Waals surface area contributed by atoms with Crippen molar-refractivity contribution in [3.05, 3.63) is 35.4 Å². The summed E-state index contributed by atoms with van der Waals surface area (Å²) >= 11 is 0. The standard InChI is InChI=1S/C20H33N3O2/c1-6-23(7-2)14-10-12-17(5)21-20(25-8-3)22-19(24)18-13-9-11-16(4)15-18/h9,11,13,15,17H,6-8,10,12,14H2,1-5H3,(H,21,22,24)/t17-/m1/s1. The van der Waals surface area contributed by atoms with Gasteiger partial charge in [-0.2, -0.15) is 0 Å². The van der Waals surface area contributed by atoms with Crippen LogP contribution in [0.2, 0.25) is 0 Å². The van der Waals surface area contributed by atoms with Gasteiger partial charge in [-0.3, -0.25) is 10.1 Å². The Morgan fingerprint density at radius 3 is 2.60 bits per heavy atom. The first-order valence-corrected chi connectivity index (χ1v) is 9.31. The topological polar surface area (TPSA) is 53.9 Å². The molecule has 0 heterocycles.